The van der Waals surface area contributed by atoms with Gasteiger partial charge in [0.05, 0.1) is 25.1 Å². The molecule has 1 aromatic carbocycles. The minimum atomic E-state index is -0.637. The zero-order chi connectivity index (χ0) is 23.8. The third kappa shape index (κ3) is 3.79. The molecule has 180 valence electrons. The molecule has 1 saturated carbocycles. The first-order valence-electron chi connectivity index (χ1n) is 12.1. The number of amides is 2. The molecule has 34 heavy (non-hydrogen) atoms. The number of pyridine rings is 1. The molecule has 3 heterocycles. The standard InChI is InChI=1S/C26H31N3O5/c1-34-18-9-4-6-16(12-18)13-27-25(32)23-19(15-30)21-14-28-20(10-5-11-22(28)31)24(23)29(21)26(33)17-7-2-3-8-17/h4-6,9-12,17,19,21,23-24,30H,2-3,7-8,13-15H2,1H3,(H,27,32)/t19-,21-,23+,24+/m1/s1. The Balaban J connectivity index is 1.48. The van der Waals surface area contributed by atoms with Gasteiger partial charge in [-0.25, -0.2) is 0 Å². The largest absolute Gasteiger partial charge is 0.497 e. The number of methoxy groups -OCH3 is 1. The second kappa shape index (κ2) is 9.25. The van der Waals surface area contributed by atoms with Gasteiger partial charge in [-0.1, -0.05) is 31.0 Å². The molecule has 0 radical (unpaired) electrons. The predicted octanol–water partition coefficient (Wildman–Crippen LogP) is 1.85. The van der Waals surface area contributed by atoms with E-state index < -0.39 is 17.9 Å². The highest BCUT2D eigenvalue weighted by molar-refractivity contribution is 5.85. The van der Waals surface area contributed by atoms with Crippen molar-refractivity contribution in [1.29, 1.82) is 0 Å². The average molecular weight is 466 g/mol. The van der Waals surface area contributed by atoms with Gasteiger partial charge in [0.2, 0.25) is 11.8 Å². The molecular weight excluding hydrogens is 434 g/mol. The first-order chi connectivity index (χ1) is 16.5. The monoisotopic (exact) mass is 465 g/mol. The Kier molecular flexibility index (Phi) is 6.16. The van der Waals surface area contributed by atoms with Crippen molar-refractivity contribution in [3.05, 3.63) is 64.1 Å². The maximum Gasteiger partial charge on any atom is 0.250 e. The van der Waals surface area contributed by atoms with E-state index in [4.69, 9.17) is 4.74 Å². The fourth-order valence-electron chi connectivity index (χ4n) is 6.13. The number of nitrogens with one attached hydrogen (secondary N) is 1. The molecule has 0 spiro atoms. The first-order valence-corrected chi connectivity index (χ1v) is 12.1. The van der Waals surface area contributed by atoms with Gasteiger partial charge in [-0.2, -0.15) is 0 Å². The van der Waals surface area contributed by atoms with Crippen molar-refractivity contribution in [3.63, 3.8) is 0 Å². The zero-order valence-electron chi connectivity index (χ0n) is 19.4. The number of aliphatic hydroxyl groups excluding tert-OH is 1. The molecule has 2 N–H and O–H groups in total. The van der Waals surface area contributed by atoms with Gasteiger partial charge < -0.3 is 24.6 Å². The van der Waals surface area contributed by atoms with Gasteiger partial charge in [0.15, 0.2) is 0 Å². The van der Waals surface area contributed by atoms with Gasteiger partial charge in [0, 0.05) is 43.3 Å². The molecule has 2 aliphatic heterocycles. The van der Waals surface area contributed by atoms with Crippen LogP contribution in [0, 0.1) is 17.8 Å². The zero-order valence-corrected chi connectivity index (χ0v) is 19.4. The van der Waals surface area contributed by atoms with Crippen LogP contribution in [0.15, 0.2) is 47.3 Å². The van der Waals surface area contributed by atoms with E-state index in [1.807, 2.05) is 35.2 Å². The van der Waals surface area contributed by atoms with Gasteiger partial charge in [-0.15, -0.1) is 0 Å². The molecule has 1 aliphatic carbocycles. The van der Waals surface area contributed by atoms with Gasteiger partial charge in [-0.3, -0.25) is 14.4 Å². The Morgan fingerprint density at radius 1 is 1.15 bits per heavy atom. The summed E-state index contributed by atoms with van der Waals surface area (Å²) < 4.78 is 6.94. The Morgan fingerprint density at radius 3 is 2.65 bits per heavy atom. The molecule has 2 bridgehead atoms. The van der Waals surface area contributed by atoms with Gasteiger partial charge in [0.25, 0.3) is 5.56 Å². The van der Waals surface area contributed by atoms with Crippen molar-refractivity contribution in [1.82, 2.24) is 14.8 Å². The van der Waals surface area contributed by atoms with Crippen LogP contribution in [0.3, 0.4) is 0 Å². The van der Waals surface area contributed by atoms with Crippen molar-refractivity contribution < 1.29 is 19.4 Å². The maximum atomic E-state index is 13.6. The molecule has 0 unspecified atom stereocenters. The van der Waals surface area contributed by atoms with Crippen molar-refractivity contribution >= 4 is 11.8 Å². The summed E-state index contributed by atoms with van der Waals surface area (Å²) in [5.41, 5.74) is 1.42. The van der Waals surface area contributed by atoms with Crippen LogP contribution in [-0.2, 0) is 22.7 Å². The number of carbonyl (C=O) groups excluding carboxylic acids is 2. The molecule has 2 aromatic rings. The summed E-state index contributed by atoms with van der Waals surface area (Å²) in [7, 11) is 1.59. The van der Waals surface area contributed by atoms with Crippen LogP contribution in [0.1, 0.15) is 43.0 Å². The molecule has 1 aromatic heterocycles. The van der Waals surface area contributed by atoms with Crippen LogP contribution >= 0.6 is 0 Å². The summed E-state index contributed by atoms with van der Waals surface area (Å²) in [5.74, 6) is -0.593. The SMILES string of the molecule is COc1cccc(CNC(=O)[C@H]2[C@H](CO)[C@H]3Cn4c(cccc4=O)[C@@H]2N3C(=O)C2CCCC2)c1. The van der Waals surface area contributed by atoms with E-state index in [2.05, 4.69) is 5.32 Å². The molecule has 8 heteroatoms. The van der Waals surface area contributed by atoms with E-state index in [1.165, 1.54) is 6.07 Å². The number of fused-ring (bicyclic) bond motifs is 4. The van der Waals surface area contributed by atoms with E-state index in [1.54, 1.807) is 17.7 Å². The third-order valence-corrected chi connectivity index (χ3v) is 7.78. The number of nitrogens with zero attached hydrogens (tertiary/aromatic N) is 2. The van der Waals surface area contributed by atoms with Gasteiger partial charge >= 0.3 is 0 Å². The van der Waals surface area contributed by atoms with Crippen molar-refractivity contribution in [2.45, 2.75) is 50.9 Å². The summed E-state index contributed by atoms with van der Waals surface area (Å²) in [6, 6.07) is 11.5. The average Bonchev–Trinajstić information content (AvgIpc) is 3.47. The van der Waals surface area contributed by atoms with Crippen molar-refractivity contribution in [2.75, 3.05) is 13.7 Å². The van der Waals surface area contributed by atoms with Crippen LogP contribution in [0.25, 0.3) is 0 Å². The number of ether oxygens (including phenoxy) is 1. The van der Waals surface area contributed by atoms with Crippen LogP contribution in [0.5, 0.6) is 5.75 Å². The molecule has 5 rings (SSSR count). The Labute approximate surface area is 198 Å². The highest BCUT2D eigenvalue weighted by atomic mass is 16.5. The van der Waals surface area contributed by atoms with E-state index in [0.29, 0.717) is 24.5 Å². The first kappa shape index (κ1) is 22.7. The van der Waals surface area contributed by atoms with Crippen molar-refractivity contribution in [3.8, 4) is 5.75 Å². The topological polar surface area (TPSA) is 101 Å². The second-order valence-corrected chi connectivity index (χ2v) is 9.58. The lowest BCUT2D eigenvalue weighted by molar-refractivity contribution is -0.141. The normalized spacial score (nSPS) is 25.8. The molecule has 2 amide bonds. The van der Waals surface area contributed by atoms with Crippen molar-refractivity contribution in [2.24, 2.45) is 17.8 Å². The number of hydrogen-bond donors (Lipinski definition) is 2. The number of aromatic nitrogens is 1. The third-order valence-electron chi connectivity index (χ3n) is 7.78. The molecule has 2 fully saturated rings. The Morgan fingerprint density at radius 2 is 1.91 bits per heavy atom. The lowest BCUT2D eigenvalue weighted by Gasteiger charge is -2.39. The molecule has 8 nitrogen and oxygen atoms in total. The number of hydrogen-bond acceptors (Lipinski definition) is 5. The van der Waals surface area contributed by atoms with Gasteiger partial charge in [0.1, 0.15) is 5.75 Å². The van der Waals surface area contributed by atoms with Crippen LogP contribution < -0.4 is 15.6 Å². The van der Waals surface area contributed by atoms with Crippen LogP contribution in [-0.4, -0.2) is 46.1 Å². The summed E-state index contributed by atoms with van der Waals surface area (Å²) in [6.45, 7) is 0.380. The quantitative estimate of drug-likeness (QED) is 0.678. The number of rotatable bonds is 6. The fourth-order valence-corrected chi connectivity index (χ4v) is 6.13. The van der Waals surface area contributed by atoms with Crippen LogP contribution in [0.4, 0.5) is 0 Å². The Bertz CT molecular complexity index is 1140. The second-order valence-electron chi connectivity index (χ2n) is 9.58. The highest BCUT2D eigenvalue weighted by Crippen LogP contribution is 2.49. The number of benzene rings is 1. The number of aliphatic hydroxyl groups is 1. The molecule has 3 aliphatic rings. The lowest BCUT2D eigenvalue weighted by Crippen LogP contribution is -2.50. The predicted molar refractivity (Wildman–Crippen MR) is 125 cm³/mol. The summed E-state index contributed by atoms with van der Waals surface area (Å²) in [6.07, 6.45) is 3.77. The van der Waals surface area contributed by atoms with E-state index in [0.717, 1.165) is 31.2 Å². The van der Waals surface area contributed by atoms with E-state index in [9.17, 15) is 19.5 Å². The molecule has 4 atom stereocenters. The molecular formula is C26H31N3O5. The Hall–Kier alpha value is -3.13. The minimum Gasteiger partial charge on any atom is -0.497 e. The van der Waals surface area contributed by atoms with Gasteiger partial charge in [-0.05, 0) is 36.6 Å². The van der Waals surface area contributed by atoms with E-state index in [-0.39, 0.29) is 35.9 Å². The molecule has 1 saturated heterocycles. The maximum absolute atomic E-state index is 13.6. The summed E-state index contributed by atoms with van der Waals surface area (Å²) in [4.78, 5) is 41.7. The smallest absolute Gasteiger partial charge is 0.250 e. The fraction of sp³-hybridized carbons (Fsp3) is 0.500. The number of carbonyl (C=O) groups is 2. The van der Waals surface area contributed by atoms with Crippen LogP contribution in [0.2, 0.25) is 0 Å². The van der Waals surface area contributed by atoms with E-state index >= 15 is 0 Å². The highest BCUT2D eigenvalue weighted by Gasteiger charge is 2.57. The summed E-state index contributed by atoms with van der Waals surface area (Å²) >= 11 is 0. The lowest BCUT2D eigenvalue weighted by atomic mass is 9.86. The minimum absolute atomic E-state index is 0.0510. The summed E-state index contributed by atoms with van der Waals surface area (Å²) in [5, 5.41) is 13.4.